The maximum Gasteiger partial charge on any atom is 0.137 e. The maximum absolute atomic E-state index is 6.33. The van der Waals surface area contributed by atoms with Gasteiger partial charge in [0.1, 0.15) is 11.2 Å². The van der Waals surface area contributed by atoms with Gasteiger partial charge in [0.05, 0.1) is 16.8 Å². The Hall–Kier alpha value is -5.15. The highest BCUT2D eigenvalue weighted by atomic mass is 16.3. The van der Waals surface area contributed by atoms with E-state index < -0.39 is 0 Å². The molecule has 0 unspecified atom stereocenters. The zero-order valence-corrected chi connectivity index (χ0v) is 24.2. The van der Waals surface area contributed by atoms with Crippen LogP contribution in [0.1, 0.15) is 22.3 Å². The first-order valence-electron chi connectivity index (χ1n) is 14.5. The van der Waals surface area contributed by atoms with Gasteiger partial charge in [-0.25, -0.2) is 0 Å². The van der Waals surface area contributed by atoms with Crippen LogP contribution in [0.5, 0.6) is 0 Å². The third kappa shape index (κ3) is 3.70. The van der Waals surface area contributed by atoms with Crippen molar-refractivity contribution in [1.29, 1.82) is 0 Å². The molecule has 1 aliphatic rings. The molecule has 42 heavy (non-hydrogen) atoms. The molecule has 0 atom stereocenters. The van der Waals surface area contributed by atoms with Crippen molar-refractivity contribution in [1.82, 2.24) is 4.98 Å². The van der Waals surface area contributed by atoms with E-state index in [1.54, 1.807) is 0 Å². The van der Waals surface area contributed by atoms with Gasteiger partial charge in [-0.1, -0.05) is 48.0 Å². The maximum atomic E-state index is 6.33. The van der Waals surface area contributed by atoms with E-state index in [2.05, 4.69) is 111 Å². The fraction of sp³-hybridized carbons (Fsp3) is 0.103. The third-order valence-electron chi connectivity index (χ3n) is 8.74. The molecular weight excluding hydrogens is 512 g/mol. The van der Waals surface area contributed by atoms with Gasteiger partial charge in [-0.15, -0.1) is 0 Å². The Bertz CT molecular complexity index is 2180. The molecule has 202 valence electrons. The molecule has 0 radical (unpaired) electrons. The highest BCUT2D eigenvalue weighted by Crippen LogP contribution is 2.49. The fourth-order valence-electron chi connectivity index (χ4n) is 6.93. The Labute approximate surface area is 245 Å². The molecule has 1 N–H and O–H groups in total. The molecule has 0 aliphatic carbocycles. The molecule has 8 rings (SSSR count). The van der Waals surface area contributed by atoms with Crippen LogP contribution in [0.15, 0.2) is 108 Å². The number of aryl methyl sites for hydroxylation is 3. The van der Waals surface area contributed by atoms with Crippen LogP contribution in [0.4, 0.5) is 11.4 Å². The summed E-state index contributed by atoms with van der Waals surface area (Å²) in [5.41, 5.74) is 18.4. The largest absolute Gasteiger partial charge is 0.456 e. The third-order valence-corrected chi connectivity index (χ3v) is 8.74. The molecule has 3 heteroatoms. The SMILES string of the molecule is Cc1cc(C)c(-c2cc3c(C)c(c2)-c2ccc4oc5ccccc5c4c2Nc2ccc(-c4ccccn4)cc2-3)c(C)c1. The van der Waals surface area contributed by atoms with Crippen LogP contribution < -0.4 is 5.32 Å². The number of hydrogen-bond donors (Lipinski definition) is 1. The van der Waals surface area contributed by atoms with Crippen molar-refractivity contribution in [3.8, 4) is 44.6 Å². The van der Waals surface area contributed by atoms with Crippen LogP contribution in [0.3, 0.4) is 0 Å². The Morgan fingerprint density at radius 1 is 0.619 bits per heavy atom. The van der Waals surface area contributed by atoms with Gasteiger partial charge in [-0.2, -0.15) is 0 Å². The molecule has 2 bridgehead atoms. The molecule has 0 saturated heterocycles. The molecule has 0 saturated carbocycles. The number of para-hydroxylation sites is 1. The highest BCUT2D eigenvalue weighted by Gasteiger charge is 2.24. The van der Waals surface area contributed by atoms with E-state index in [0.29, 0.717) is 0 Å². The summed E-state index contributed by atoms with van der Waals surface area (Å²) in [6.45, 7) is 8.88. The lowest BCUT2D eigenvalue weighted by Crippen LogP contribution is -2.03. The predicted octanol–water partition coefficient (Wildman–Crippen LogP) is 10.9. The number of aromatic nitrogens is 1. The van der Waals surface area contributed by atoms with Gasteiger partial charge in [-0.05, 0) is 121 Å². The number of nitrogens with one attached hydrogen (secondary N) is 1. The lowest BCUT2D eigenvalue weighted by molar-refractivity contribution is 0.669. The average Bonchev–Trinajstić information content (AvgIpc) is 3.37. The topological polar surface area (TPSA) is 38.1 Å². The quantitative estimate of drug-likeness (QED) is 0.236. The number of hydrogen-bond acceptors (Lipinski definition) is 3. The molecular formula is C39H30N2O. The Morgan fingerprint density at radius 3 is 2.14 bits per heavy atom. The van der Waals surface area contributed by atoms with Gasteiger partial charge >= 0.3 is 0 Å². The summed E-state index contributed by atoms with van der Waals surface area (Å²) in [6, 6.07) is 34.7. The number of nitrogens with zero attached hydrogens (tertiary/aromatic N) is 1. The Kier molecular flexibility index (Phi) is 5.39. The molecule has 2 aromatic heterocycles. The molecule has 3 nitrogen and oxygen atoms in total. The van der Waals surface area contributed by atoms with Gasteiger partial charge in [0.2, 0.25) is 0 Å². The molecule has 5 aromatic carbocycles. The minimum Gasteiger partial charge on any atom is -0.456 e. The predicted molar refractivity (Wildman–Crippen MR) is 175 cm³/mol. The van der Waals surface area contributed by atoms with Gasteiger partial charge in [0.15, 0.2) is 0 Å². The van der Waals surface area contributed by atoms with E-state index in [0.717, 1.165) is 50.1 Å². The minimum atomic E-state index is 0.883. The number of furan rings is 1. The number of anilines is 2. The highest BCUT2D eigenvalue weighted by molar-refractivity contribution is 6.17. The number of pyridine rings is 1. The zero-order chi connectivity index (χ0) is 28.5. The minimum absolute atomic E-state index is 0.883. The van der Waals surface area contributed by atoms with E-state index in [4.69, 9.17) is 4.42 Å². The fourth-order valence-corrected chi connectivity index (χ4v) is 6.93. The Balaban J connectivity index is 1.50. The molecule has 0 spiro atoms. The standard InChI is InChI=1S/C39H30N2O/c1-22-17-23(2)37(24(3)18-22)27-20-30-25(4)31(21-27)32-19-26(33-10-7-8-16-40-33)12-14-34(32)41-39-28(30)13-15-36-38(39)29-9-5-6-11-35(29)42-36/h5-21,41H,1-4H3. The van der Waals surface area contributed by atoms with Crippen molar-refractivity contribution in [2.24, 2.45) is 0 Å². The summed E-state index contributed by atoms with van der Waals surface area (Å²) in [5, 5.41) is 6.12. The first kappa shape index (κ1) is 24.6. The lowest BCUT2D eigenvalue weighted by Gasteiger charge is -2.25. The summed E-state index contributed by atoms with van der Waals surface area (Å²) in [4.78, 5) is 4.66. The second kappa shape index (κ2) is 9.19. The second-order valence-corrected chi connectivity index (χ2v) is 11.5. The zero-order valence-electron chi connectivity index (χ0n) is 24.2. The van der Waals surface area contributed by atoms with Gasteiger partial charge in [-0.3, -0.25) is 4.98 Å². The first-order valence-corrected chi connectivity index (χ1v) is 14.5. The van der Waals surface area contributed by atoms with Gasteiger partial charge in [0, 0.05) is 34.0 Å². The van der Waals surface area contributed by atoms with Crippen molar-refractivity contribution in [3.63, 3.8) is 0 Å². The van der Waals surface area contributed by atoms with Crippen LogP contribution in [-0.4, -0.2) is 4.98 Å². The monoisotopic (exact) mass is 542 g/mol. The van der Waals surface area contributed by atoms with Crippen LogP contribution in [0.25, 0.3) is 66.6 Å². The molecule has 7 aromatic rings. The van der Waals surface area contributed by atoms with E-state index in [1.807, 2.05) is 30.5 Å². The molecule has 0 amide bonds. The van der Waals surface area contributed by atoms with Crippen LogP contribution in [-0.2, 0) is 0 Å². The smallest absolute Gasteiger partial charge is 0.137 e. The summed E-state index contributed by atoms with van der Waals surface area (Å²) < 4.78 is 6.33. The number of benzene rings is 5. The van der Waals surface area contributed by atoms with Gasteiger partial charge in [0.25, 0.3) is 0 Å². The van der Waals surface area contributed by atoms with E-state index in [-0.39, 0.29) is 0 Å². The Morgan fingerprint density at radius 2 is 1.36 bits per heavy atom. The molecule has 3 heterocycles. The van der Waals surface area contributed by atoms with E-state index in [1.165, 1.54) is 50.1 Å². The van der Waals surface area contributed by atoms with E-state index >= 15 is 0 Å². The molecule has 1 aliphatic heterocycles. The summed E-state index contributed by atoms with van der Waals surface area (Å²) in [6.07, 6.45) is 1.86. The van der Waals surface area contributed by atoms with Crippen molar-refractivity contribution >= 4 is 33.3 Å². The number of rotatable bonds is 2. The first-order chi connectivity index (χ1) is 20.5. The summed E-state index contributed by atoms with van der Waals surface area (Å²) >= 11 is 0. The second-order valence-electron chi connectivity index (χ2n) is 11.5. The lowest BCUT2D eigenvalue weighted by atomic mass is 9.83. The summed E-state index contributed by atoms with van der Waals surface area (Å²) in [5.74, 6) is 0. The van der Waals surface area contributed by atoms with Crippen LogP contribution >= 0.6 is 0 Å². The molecule has 0 fully saturated rings. The number of fused-ring (bicyclic) bond motifs is 10. The van der Waals surface area contributed by atoms with Crippen molar-refractivity contribution in [3.05, 3.63) is 126 Å². The average molecular weight is 543 g/mol. The van der Waals surface area contributed by atoms with Crippen LogP contribution in [0.2, 0.25) is 0 Å². The summed E-state index contributed by atoms with van der Waals surface area (Å²) in [7, 11) is 0. The van der Waals surface area contributed by atoms with Gasteiger partial charge < -0.3 is 9.73 Å². The van der Waals surface area contributed by atoms with Crippen molar-refractivity contribution in [2.75, 3.05) is 5.32 Å². The normalized spacial score (nSPS) is 12.0. The van der Waals surface area contributed by atoms with Crippen LogP contribution in [0, 0.1) is 27.7 Å². The van der Waals surface area contributed by atoms with Crippen molar-refractivity contribution < 1.29 is 4.42 Å². The van der Waals surface area contributed by atoms with Crippen molar-refractivity contribution in [2.45, 2.75) is 27.7 Å². The van der Waals surface area contributed by atoms with E-state index in [9.17, 15) is 0 Å².